The Morgan fingerprint density at radius 1 is 1.00 bits per heavy atom. The van der Waals surface area contributed by atoms with Crippen LogP contribution in [0.2, 0.25) is 18.6 Å². The summed E-state index contributed by atoms with van der Waals surface area (Å²) in [5.41, 5.74) is 9.52. The van der Waals surface area contributed by atoms with Crippen LogP contribution in [0.25, 0.3) is 5.73 Å². The van der Waals surface area contributed by atoms with Gasteiger partial charge >= 0.3 is 21.7 Å². The van der Waals surface area contributed by atoms with Crippen LogP contribution in [-0.4, -0.2) is 14.7 Å². The van der Waals surface area contributed by atoms with Crippen molar-refractivity contribution in [2.45, 2.75) is 104 Å². The number of hydrogen-bond donors (Lipinski definition) is 0. The minimum Gasteiger partial charge on any atom is -1.00 e. The van der Waals surface area contributed by atoms with Gasteiger partial charge in [0.2, 0.25) is 0 Å². The number of allylic oxidation sites excluding steroid dienone is 3. The normalized spacial score (nSPS) is 28.6. The van der Waals surface area contributed by atoms with Gasteiger partial charge in [-0.1, -0.05) is 110 Å². The summed E-state index contributed by atoms with van der Waals surface area (Å²) in [6, 6.07) is 0. The van der Waals surface area contributed by atoms with E-state index in [1.165, 1.54) is 44.1 Å². The molecule has 2 rings (SSSR count). The Balaban J connectivity index is 0. The number of hydrogen-bond acceptors (Lipinski definition) is 1. The number of carbonyl (C=O) groups is 1. The van der Waals surface area contributed by atoms with Gasteiger partial charge in [0.25, 0.3) is 0 Å². The summed E-state index contributed by atoms with van der Waals surface area (Å²) in [5, 5.41) is 0. The predicted molar refractivity (Wildman–Crippen MR) is 121 cm³/mol. The van der Waals surface area contributed by atoms with E-state index in [4.69, 9.17) is 5.73 Å². The molecule has 0 bridgehead atoms. The third-order valence-corrected chi connectivity index (χ3v) is 11.2. The topological polar surface area (TPSA) is 40.9 Å². The van der Waals surface area contributed by atoms with E-state index in [0.717, 1.165) is 19.3 Å². The van der Waals surface area contributed by atoms with Crippen molar-refractivity contribution in [2.75, 3.05) is 0 Å². The predicted octanol–water partition coefficient (Wildman–Crippen LogP) is 1.49. The molecule has 0 aromatic carbocycles. The Labute approximate surface area is 215 Å². The summed E-state index contributed by atoms with van der Waals surface area (Å²) in [4.78, 5) is 13.1. The van der Waals surface area contributed by atoms with Gasteiger partial charge < -0.3 is 35.3 Å². The Hall–Kier alpha value is 0.461. The monoisotopic (exact) mass is 506 g/mol. The summed E-state index contributed by atoms with van der Waals surface area (Å²) in [7, 11) is -0.899. The second-order valence-electron chi connectivity index (χ2n) is 10.4. The number of nitrogens with one attached hydrogen (secondary N) is 1. The Morgan fingerprint density at radius 3 is 2.00 bits per heavy atom. The molecule has 1 amide bonds. The fourth-order valence-electron chi connectivity index (χ4n) is 6.18. The minimum atomic E-state index is -0.899. The molecule has 1 fully saturated rings. The van der Waals surface area contributed by atoms with Crippen LogP contribution >= 0.6 is 0 Å². The van der Waals surface area contributed by atoms with Gasteiger partial charge in [-0.25, -0.2) is 0 Å². The molecule has 0 heterocycles. The number of rotatable bonds is 3. The molecule has 171 valence electrons. The Morgan fingerprint density at radius 2 is 1.53 bits per heavy atom. The maximum atomic E-state index is 13.1. The SMILES string of the molecule is C[SiH](C)C1CCCCCCCCC(C([NH-])=O)(C2=CC=CC2)C(C)(C)C1(C)C.[Cl-].[Cl-].[Ti+3]. The molecule has 2 unspecified atom stereocenters. The van der Waals surface area contributed by atoms with Gasteiger partial charge in [0, 0.05) is 14.2 Å². The van der Waals surface area contributed by atoms with Crippen LogP contribution in [0.3, 0.4) is 0 Å². The molecule has 30 heavy (non-hydrogen) atoms. The molecule has 0 aliphatic heterocycles. The van der Waals surface area contributed by atoms with Gasteiger partial charge in [0.1, 0.15) is 0 Å². The molecule has 1 N–H and O–H groups in total. The van der Waals surface area contributed by atoms with E-state index in [-0.39, 0.29) is 63.3 Å². The Kier molecular flexibility index (Phi) is 14.4. The van der Waals surface area contributed by atoms with Crippen LogP contribution in [0.1, 0.15) is 85.5 Å². The van der Waals surface area contributed by atoms with E-state index in [1.807, 2.05) is 0 Å². The summed E-state index contributed by atoms with van der Waals surface area (Å²) in [5.74, 6) is -0.350. The molecule has 2 atom stereocenters. The van der Waals surface area contributed by atoms with Gasteiger partial charge in [-0.15, -0.1) is 0 Å². The van der Waals surface area contributed by atoms with E-state index >= 15 is 0 Å². The molecular formula is C24H42Cl2NOSiTi. The first kappa shape index (κ1) is 32.6. The van der Waals surface area contributed by atoms with Gasteiger partial charge in [-0.2, -0.15) is 0 Å². The number of carbonyl (C=O) groups excluding carboxylic acids is 1. The van der Waals surface area contributed by atoms with Gasteiger partial charge in [0.05, 0.1) is 5.91 Å². The van der Waals surface area contributed by atoms with Crippen LogP contribution in [0, 0.1) is 16.2 Å². The molecule has 0 saturated heterocycles. The molecule has 0 aromatic rings. The van der Waals surface area contributed by atoms with E-state index in [0.29, 0.717) is 5.54 Å². The van der Waals surface area contributed by atoms with E-state index in [9.17, 15) is 4.79 Å². The smallest absolute Gasteiger partial charge is 1.00 e. The van der Waals surface area contributed by atoms with E-state index in [1.54, 1.807) is 0 Å². The van der Waals surface area contributed by atoms with Gasteiger partial charge in [-0.05, 0) is 29.2 Å². The molecule has 1 radical (unpaired) electrons. The first-order valence-electron chi connectivity index (χ1n) is 11.2. The van der Waals surface area contributed by atoms with Crippen molar-refractivity contribution in [3.05, 3.63) is 29.5 Å². The zero-order valence-electron chi connectivity index (χ0n) is 19.9. The molecular weight excluding hydrogens is 465 g/mol. The van der Waals surface area contributed by atoms with Crippen molar-refractivity contribution >= 4 is 14.7 Å². The summed E-state index contributed by atoms with van der Waals surface area (Å²) < 4.78 is 0. The second kappa shape index (κ2) is 13.2. The van der Waals surface area contributed by atoms with Gasteiger partial charge in [-0.3, -0.25) is 0 Å². The van der Waals surface area contributed by atoms with Crippen LogP contribution in [0.4, 0.5) is 0 Å². The van der Waals surface area contributed by atoms with Crippen molar-refractivity contribution in [1.29, 1.82) is 0 Å². The maximum absolute atomic E-state index is 13.1. The molecule has 2 aliphatic carbocycles. The van der Waals surface area contributed by atoms with Crippen molar-refractivity contribution < 1.29 is 51.3 Å². The summed E-state index contributed by atoms with van der Waals surface area (Å²) in [6.45, 7) is 14.4. The fourth-order valence-corrected chi connectivity index (χ4v) is 9.17. The standard InChI is InChI=1S/C24H43NOSi.2ClH.Ti/c1-22(2)20(27(5)6)17-11-9-7-8-10-14-18-24(21(25)26,23(22,3)4)19-15-12-13-16-19;;;/h12-13,15,20,27H,7-11,14,16-18H2,1-6H3,(H2,25,26);2*1H;/q;;;+3/p-3. The maximum Gasteiger partial charge on any atom is 3.00 e. The average Bonchev–Trinajstić information content (AvgIpc) is 3.09. The molecule has 2 aliphatic rings. The van der Waals surface area contributed by atoms with Crippen LogP contribution < -0.4 is 24.8 Å². The zero-order valence-corrected chi connectivity index (χ0v) is 24.1. The fraction of sp³-hybridized carbons (Fsp3) is 0.792. The van der Waals surface area contributed by atoms with Crippen molar-refractivity contribution in [1.82, 2.24) is 0 Å². The molecule has 1 saturated carbocycles. The van der Waals surface area contributed by atoms with Crippen molar-refractivity contribution in [2.24, 2.45) is 16.2 Å². The third kappa shape index (κ3) is 6.07. The average molecular weight is 507 g/mol. The first-order chi connectivity index (χ1) is 12.6. The number of amides is 1. The van der Waals surface area contributed by atoms with Crippen LogP contribution in [0.15, 0.2) is 23.8 Å². The van der Waals surface area contributed by atoms with Crippen molar-refractivity contribution in [3.63, 3.8) is 0 Å². The van der Waals surface area contributed by atoms with Crippen LogP contribution in [-0.2, 0) is 26.5 Å². The van der Waals surface area contributed by atoms with E-state index < -0.39 is 14.2 Å². The Bertz CT molecular complexity index is 604. The quantitative estimate of drug-likeness (QED) is 0.534. The molecule has 0 aromatic heterocycles. The summed E-state index contributed by atoms with van der Waals surface area (Å²) >= 11 is 0. The third-order valence-electron chi connectivity index (χ3n) is 8.43. The summed E-state index contributed by atoms with van der Waals surface area (Å²) in [6.07, 6.45) is 16.9. The minimum absolute atomic E-state index is 0. The van der Waals surface area contributed by atoms with Crippen LogP contribution in [0.5, 0.6) is 0 Å². The largest absolute Gasteiger partial charge is 3.00 e. The van der Waals surface area contributed by atoms with Gasteiger partial charge in [0.15, 0.2) is 0 Å². The second-order valence-corrected chi connectivity index (χ2v) is 13.7. The number of halogens is 2. The molecule has 2 nitrogen and oxygen atoms in total. The van der Waals surface area contributed by atoms with Crippen molar-refractivity contribution in [3.8, 4) is 0 Å². The molecule has 0 spiro atoms. The van der Waals surface area contributed by atoms with E-state index in [2.05, 4.69) is 59.0 Å². The first-order valence-corrected chi connectivity index (χ1v) is 14.2. The molecule has 6 heteroatoms. The zero-order chi connectivity index (χ0) is 20.3.